The second-order valence-corrected chi connectivity index (χ2v) is 6.60. The summed E-state index contributed by atoms with van der Waals surface area (Å²) in [4.78, 5) is 4.11. The third kappa shape index (κ3) is 3.71. The Labute approximate surface area is 144 Å². The molecule has 4 N–H and O–H groups in total. The summed E-state index contributed by atoms with van der Waals surface area (Å²) in [5, 5.41) is 0. The summed E-state index contributed by atoms with van der Waals surface area (Å²) in [5.41, 5.74) is 8.20. The van der Waals surface area contributed by atoms with E-state index in [1.165, 1.54) is 16.8 Å². The van der Waals surface area contributed by atoms with E-state index in [4.69, 9.17) is 4.74 Å². The van der Waals surface area contributed by atoms with Gasteiger partial charge in [-0.2, -0.15) is 0 Å². The van der Waals surface area contributed by atoms with E-state index in [1.807, 2.05) is 6.07 Å². The van der Waals surface area contributed by atoms with Crippen LogP contribution in [0.5, 0.6) is 5.75 Å². The van der Waals surface area contributed by atoms with E-state index in [2.05, 4.69) is 60.0 Å². The largest absolute Gasteiger partial charge is 0.497 e. The molecule has 1 aliphatic rings. The molecule has 4 heteroatoms. The maximum Gasteiger partial charge on any atom is 0.163 e. The Balaban J connectivity index is 1.66. The molecule has 128 valence electrons. The Morgan fingerprint density at radius 3 is 2.46 bits per heavy atom. The lowest BCUT2D eigenvalue weighted by molar-refractivity contribution is -0.938. The van der Waals surface area contributed by atoms with Gasteiger partial charge in [0.05, 0.1) is 33.3 Å². The van der Waals surface area contributed by atoms with Crippen molar-refractivity contribution in [3.8, 4) is 5.75 Å². The van der Waals surface area contributed by atoms with Crippen LogP contribution in [0.3, 0.4) is 0 Å². The molecule has 24 heavy (non-hydrogen) atoms. The first-order chi connectivity index (χ1) is 11.7. The van der Waals surface area contributed by atoms with Gasteiger partial charge in [-0.05, 0) is 19.1 Å². The van der Waals surface area contributed by atoms with E-state index in [0.717, 1.165) is 38.5 Å². The number of benzene rings is 2. The molecule has 0 spiro atoms. The summed E-state index contributed by atoms with van der Waals surface area (Å²) in [6, 6.07) is 17.8. The molecular weight excluding hydrogens is 298 g/mol. The van der Waals surface area contributed by atoms with Crippen LogP contribution in [0.4, 0.5) is 5.69 Å². The Bertz CT molecular complexity index is 648. The smallest absolute Gasteiger partial charge is 0.163 e. The van der Waals surface area contributed by atoms with Gasteiger partial charge in [-0.1, -0.05) is 35.9 Å². The molecule has 1 atom stereocenters. The zero-order valence-electron chi connectivity index (χ0n) is 14.8. The summed E-state index contributed by atoms with van der Waals surface area (Å²) in [5.74, 6) is 0.928. The van der Waals surface area contributed by atoms with Gasteiger partial charge in [0.15, 0.2) is 6.04 Å². The van der Waals surface area contributed by atoms with Crippen LogP contribution in [0, 0.1) is 6.92 Å². The molecule has 0 amide bonds. The van der Waals surface area contributed by atoms with Crippen molar-refractivity contribution in [2.45, 2.75) is 13.0 Å². The highest BCUT2D eigenvalue weighted by Crippen LogP contribution is 2.21. The first kappa shape index (κ1) is 16.8. The summed E-state index contributed by atoms with van der Waals surface area (Å²) in [7, 11) is 1.72. The number of anilines is 1. The van der Waals surface area contributed by atoms with Crippen molar-refractivity contribution in [1.82, 2.24) is 0 Å². The zero-order valence-corrected chi connectivity index (χ0v) is 14.8. The summed E-state index contributed by atoms with van der Waals surface area (Å²) in [6.07, 6.45) is 0. The lowest BCUT2D eigenvalue weighted by atomic mass is 10.0. The number of hydrogen-bond donors (Lipinski definition) is 2. The normalized spacial score (nSPS) is 16.9. The summed E-state index contributed by atoms with van der Waals surface area (Å²) < 4.78 is 5.35. The molecule has 0 aliphatic carbocycles. The SMILES string of the molecule is COc1cccc(N2CC[NH+]([C@@H](C[NH3+])c3ccc(C)cc3)CC2)c1. The highest BCUT2D eigenvalue weighted by molar-refractivity contribution is 5.50. The number of hydrogen-bond acceptors (Lipinski definition) is 2. The molecule has 3 rings (SSSR count). The average molecular weight is 327 g/mol. The van der Waals surface area contributed by atoms with Crippen molar-refractivity contribution >= 4 is 5.69 Å². The van der Waals surface area contributed by atoms with Gasteiger partial charge in [0.1, 0.15) is 12.3 Å². The first-order valence-electron chi connectivity index (χ1n) is 8.80. The number of ether oxygens (including phenoxy) is 1. The lowest BCUT2D eigenvalue weighted by Gasteiger charge is -2.36. The van der Waals surface area contributed by atoms with Gasteiger partial charge >= 0.3 is 0 Å². The maximum absolute atomic E-state index is 5.35. The monoisotopic (exact) mass is 327 g/mol. The van der Waals surface area contributed by atoms with Crippen LogP contribution < -0.4 is 20.3 Å². The van der Waals surface area contributed by atoms with Crippen molar-refractivity contribution in [3.63, 3.8) is 0 Å². The van der Waals surface area contributed by atoms with Crippen molar-refractivity contribution in [2.75, 3.05) is 44.7 Å². The second-order valence-electron chi connectivity index (χ2n) is 6.60. The predicted octanol–water partition coefficient (Wildman–Crippen LogP) is 0.692. The van der Waals surface area contributed by atoms with E-state index < -0.39 is 0 Å². The van der Waals surface area contributed by atoms with Crippen LogP contribution in [0.2, 0.25) is 0 Å². The van der Waals surface area contributed by atoms with Crippen molar-refractivity contribution in [3.05, 3.63) is 59.7 Å². The van der Waals surface area contributed by atoms with E-state index in [9.17, 15) is 0 Å². The Hall–Kier alpha value is -2.04. The quantitative estimate of drug-likeness (QED) is 0.849. The topological polar surface area (TPSA) is 44.5 Å². The molecule has 0 aromatic heterocycles. The van der Waals surface area contributed by atoms with Crippen molar-refractivity contribution in [2.24, 2.45) is 0 Å². The first-order valence-corrected chi connectivity index (χ1v) is 8.80. The minimum Gasteiger partial charge on any atom is -0.497 e. The van der Waals surface area contributed by atoms with E-state index >= 15 is 0 Å². The van der Waals surface area contributed by atoms with Crippen LogP contribution in [0.15, 0.2) is 48.5 Å². The molecule has 4 nitrogen and oxygen atoms in total. The zero-order chi connectivity index (χ0) is 16.9. The van der Waals surface area contributed by atoms with E-state index in [1.54, 1.807) is 12.0 Å². The van der Waals surface area contributed by atoms with Crippen LogP contribution >= 0.6 is 0 Å². The third-order valence-corrected chi connectivity index (χ3v) is 5.09. The fourth-order valence-electron chi connectivity index (χ4n) is 3.61. The number of methoxy groups -OCH3 is 1. The number of nitrogens with one attached hydrogen (secondary N) is 1. The minimum atomic E-state index is 0.498. The number of piperazine rings is 1. The Morgan fingerprint density at radius 2 is 1.83 bits per heavy atom. The molecule has 0 radical (unpaired) electrons. The average Bonchev–Trinajstić information content (AvgIpc) is 2.64. The number of rotatable bonds is 5. The molecular formula is C20H29N3O+2. The van der Waals surface area contributed by atoms with Gasteiger partial charge in [-0.3, -0.25) is 0 Å². The van der Waals surface area contributed by atoms with Gasteiger partial charge < -0.3 is 20.3 Å². The minimum absolute atomic E-state index is 0.498. The molecule has 0 unspecified atom stereocenters. The molecule has 2 aromatic carbocycles. The number of quaternary nitrogens is 2. The van der Waals surface area contributed by atoms with Gasteiger partial charge in [-0.25, -0.2) is 0 Å². The van der Waals surface area contributed by atoms with Crippen molar-refractivity contribution < 1.29 is 15.4 Å². The molecule has 1 saturated heterocycles. The van der Waals surface area contributed by atoms with Crippen LogP contribution in [-0.4, -0.2) is 39.8 Å². The standard InChI is InChI=1S/C20H27N3O/c1-16-6-8-17(9-7-16)20(15-21)23-12-10-22(11-13-23)18-4-3-5-19(14-18)24-2/h3-9,14,20H,10-13,15,21H2,1-2H3/p+2/t20-/m0/s1. The fourth-order valence-corrected chi connectivity index (χ4v) is 3.61. The number of aryl methyl sites for hydroxylation is 1. The summed E-state index contributed by atoms with van der Waals surface area (Å²) in [6.45, 7) is 7.52. The maximum atomic E-state index is 5.35. The van der Waals surface area contributed by atoms with Gasteiger partial charge in [0.2, 0.25) is 0 Å². The van der Waals surface area contributed by atoms with E-state index in [0.29, 0.717) is 6.04 Å². The molecule has 0 saturated carbocycles. The van der Waals surface area contributed by atoms with Gasteiger partial charge in [-0.15, -0.1) is 0 Å². The molecule has 1 heterocycles. The molecule has 0 bridgehead atoms. The summed E-state index contributed by atoms with van der Waals surface area (Å²) >= 11 is 0. The van der Waals surface area contributed by atoms with Crippen LogP contribution in [-0.2, 0) is 0 Å². The van der Waals surface area contributed by atoms with Gasteiger partial charge in [0.25, 0.3) is 0 Å². The van der Waals surface area contributed by atoms with Crippen LogP contribution in [0.1, 0.15) is 17.2 Å². The predicted molar refractivity (Wildman–Crippen MR) is 97.6 cm³/mol. The lowest BCUT2D eigenvalue weighted by Crippen LogP contribution is -3.16. The van der Waals surface area contributed by atoms with E-state index in [-0.39, 0.29) is 0 Å². The fraction of sp³-hybridized carbons (Fsp3) is 0.400. The highest BCUT2D eigenvalue weighted by Gasteiger charge is 2.29. The van der Waals surface area contributed by atoms with Crippen molar-refractivity contribution in [1.29, 1.82) is 0 Å². The highest BCUT2D eigenvalue weighted by atomic mass is 16.5. The molecule has 1 fully saturated rings. The number of nitrogens with zero attached hydrogens (tertiary/aromatic N) is 1. The van der Waals surface area contributed by atoms with Crippen LogP contribution in [0.25, 0.3) is 0 Å². The third-order valence-electron chi connectivity index (χ3n) is 5.09. The molecule has 2 aromatic rings. The molecule has 1 aliphatic heterocycles. The Morgan fingerprint density at radius 1 is 1.12 bits per heavy atom. The van der Waals surface area contributed by atoms with Gasteiger partial charge in [0, 0.05) is 17.3 Å². The second kappa shape index (κ2) is 7.69. The Kier molecular flexibility index (Phi) is 5.38.